The number of nitrogens with zero attached hydrogens (tertiary/aromatic N) is 3. The molecule has 1 aliphatic carbocycles. The minimum Gasteiger partial charge on any atom is -0.460 e. The minimum atomic E-state index is -0.370. The number of nitro groups is 1. The minimum absolute atomic E-state index is 0.107. The summed E-state index contributed by atoms with van der Waals surface area (Å²) in [5.41, 5.74) is 0.992. The number of hydrogen-bond donors (Lipinski definition) is 0. The van der Waals surface area contributed by atoms with Crippen LogP contribution in [0.1, 0.15) is 50.7 Å². The first-order valence-corrected chi connectivity index (χ1v) is 11.5. The topological polar surface area (TPSA) is 62.8 Å². The van der Waals surface area contributed by atoms with E-state index in [2.05, 4.69) is 15.9 Å². The molecule has 0 amide bonds. The van der Waals surface area contributed by atoms with Crippen LogP contribution >= 0.6 is 0 Å². The first-order valence-electron chi connectivity index (χ1n) is 11.5. The van der Waals surface area contributed by atoms with E-state index in [-0.39, 0.29) is 10.6 Å². The molecule has 1 aromatic carbocycles. The smallest absolute Gasteiger partial charge is 0.269 e. The molecular formula is C24H31N3O3. The van der Waals surface area contributed by atoms with Gasteiger partial charge in [-0.3, -0.25) is 19.9 Å². The molecule has 2 aromatic rings. The fourth-order valence-corrected chi connectivity index (χ4v) is 6.00. The summed E-state index contributed by atoms with van der Waals surface area (Å²) >= 11 is 0. The summed E-state index contributed by atoms with van der Waals surface area (Å²) in [5.74, 6) is 2.60. The van der Waals surface area contributed by atoms with Gasteiger partial charge in [0.25, 0.3) is 5.69 Å². The molecule has 0 spiro atoms. The zero-order valence-electron chi connectivity index (χ0n) is 17.5. The molecule has 0 N–H and O–H groups in total. The Bertz CT molecular complexity index is 872. The maximum absolute atomic E-state index is 10.9. The predicted octanol–water partition coefficient (Wildman–Crippen LogP) is 5.08. The Morgan fingerprint density at radius 1 is 0.933 bits per heavy atom. The molecule has 3 fully saturated rings. The van der Waals surface area contributed by atoms with Crippen LogP contribution in [0.15, 0.2) is 40.8 Å². The van der Waals surface area contributed by atoms with E-state index in [0.717, 1.165) is 36.1 Å². The Labute approximate surface area is 178 Å². The highest BCUT2D eigenvalue weighted by molar-refractivity contribution is 5.59. The van der Waals surface area contributed by atoms with Crippen LogP contribution in [-0.2, 0) is 6.54 Å². The Balaban J connectivity index is 1.33. The molecule has 1 saturated carbocycles. The van der Waals surface area contributed by atoms with Crippen molar-refractivity contribution in [3.63, 3.8) is 0 Å². The molecule has 6 heteroatoms. The lowest BCUT2D eigenvalue weighted by Gasteiger charge is -2.49. The first kappa shape index (κ1) is 19.8. The van der Waals surface area contributed by atoms with E-state index in [1.54, 1.807) is 12.1 Å². The van der Waals surface area contributed by atoms with Crippen molar-refractivity contribution in [2.24, 2.45) is 5.92 Å². The van der Waals surface area contributed by atoms with E-state index in [1.165, 1.54) is 70.2 Å². The van der Waals surface area contributed by atoms with Gasteiger partial charge in [-0.15, -0.1) is 0 Å². The Morgan fingerprint density at radius 3 is 2.50 bits per heavy atom. The van der Waals surface area contributed by atoms with Gasteiger partial charge in [0.1, 0.15) is 11.5 Å². The van der Waals surface area contributed by atoms with Gasteiger partial charge in [-0.2, -0.15) is 0 Å². The Kier molecular flexibility index (Phi) is 5.61. The molecule has 2 unspecified atom stereocenters. The summed E-state index contributed by atoms with van der Waals surface area (Å²) in [6, 6.07) is 12.0. The van der Waals surface area contributed by atoms with E-state index >= 15 is 0 Å². The highest BCUT2D eigenvalue weighted by Gasteiger charge is 2.43. The van der Waals surface area contributed by atoms with Crippen molar-refractivity contribution >= 4 is 5.69 Å². The van der Waals surface area contributed by atoms with Gasteiger partial charge < -0.3 is 4.42 Å². The van der Waals surface area contributed by atoms with Crippen LogP contribution in [-0.4, -0.2) is 46.4 Å². The summed E-state index contributed by atoms with van der Waals surface area (Å²) in [6.07, 6.45) is 9.58. The van der Waals surface area contributed by atoms with Crippen LogP contribution in [0.4, 0.5) is 5.69 Å². The quantitative estimate of drug-likeness (QED) is 0.509. The molecule has 6 nitrogen and oxygen atoms in total. The van der Waals surface area contributed by atoms with Gasteiger partial charge in [0.05, 0.1) is 11.5 Å². The van der Waals surface area contributed by atoms with Crippen LogP contribution in [0, 0.1) is 16.0 Å². The van der Waals surface area contributed by atoms with Crippen LogP contribution in [0.25, 0.3) is 11.3 Å². The van der Waals surface area contributed by atoms with Crippen molar-refractivity contribution in [3.8, 4) is 11.3 Å². The number of nitro benzene ring substituents is 1. The largest absolute Gasteiger partial charge is 0.460 e. The number of fused-ring (bicyclic) bond motifs is 1. The Morgan fingerprint density at radius 2 is 1.73 bits per heavy atom. The SMILES string of the molecule is O=[N+]([O-])c1ccc(-c2ccc(CN3CCN4CCCC4C3C3CCCCC3)o2)cc1. The second-order valence-electron chi connectivity index (χ2n) is 9.17. The highest BCUT2D eigenvalue weighted by Crippen LogP contribution is 2.38. The number of rotatable bonds is 5. The van der Waals surface area contributed by atoms with Gasteiger partial charge in [0, 0.05) is 42.9 Å². The second-order valence-corrected chi connectivity index (χ2v) is 9.17. The van der Waals surface area contributed by atoms with E-state index in [4.69, 9.17) is 4.42 Å². The summed E-state index contributed by atoms with van der Waals surface area (Å²) in [4.78, 5) is 15.9. The van der Waals surface area contributed by atoms with Crippen molar-refractivity contribution in [1.29, 1.82) is 0 Å². The molecule has 2 atom stereocenters. The van der Waals surface area contributed by atoms with Gasteiger partial charge in [0.2, 0.25) is 0 Å². The van der Waals surface area contributed by atoms with Gasteiger partial charge in [-0.1, -0.05) is 19.3 Å². The lowest BCUT2D eigenvalue weighted by atomic mass is 9.78. The molecule has 0 bridgehead atoms. The normalized spacial score (nSPS) is 26.0. The average Bonchev–Trinajstić information content (AvgIpc) is 3.44. The van der Waals surface area contributed by atoms with Gasteiger partial charge >= 0.3 is 0 Å². The van der Waals surface area contributed by atoms with Crippen LogP contribution in [0.5, 0.6) is 0 Å². The lowest BCUT2D eigenvalue weighted by Crippen LogP contribution is -2.59. The summed E-state index contributed by atoms with van der Waals surface area (Å²) in [5, 5.41) is 10.9. The number of piperazine rings is 1. The zero-order valence-corrected chi connectivity index (χ0v) is 17.5. The molecule has 160 valence electrons. The van der Waals surface area contributed by atoms with E-state index in [9.17, 15) is 10.1 Å². The maximum Gasteiger partial charge on any atom is 0.269 e. The first-order chi connectivity index (χ1) is 14.7. The fourth-order valence-electron chi connectivity index (χ4n) is 6.00. The third-order valence-corrected chi connectivity index (χ3v) is 7.42. The number of furan rings is 1. The molecule has 30 heavy (non-hydrogen) atoms. The number of non-ortho nitro benzene ring substituents is 1. The van der Waals surface area contributed by atoms with Crippen molar-refractivity contribution < 1.29 is 9.34 Å². The van der Waals surface area contributed by atoms with Gasteiger partial charge in [-0.25, -0.2) is 0 Å². The maximum atomic E-state index is 10.9. The highest BCUT2D eigenvalue weighted by atomic mass is 16.6. The summed E-state index contributed by atoms with van der Waals surface area (Å²) in [7, 11) is 0. The lowest BCUT2D eigenvalue weighted by molar-refractivity contribution is -0.384. The third kappa shape index (κ3) is 3.91. The molecule has 3 aliphatic rings. The standard InChI is InChI=1S/C24H31N3O3/c28-27(29)20-10-8-18(9-11-20)23-13-12-21(30-23)17-26-16-15-25-14-4-7-22(25)24(26)19-5-2-1-3-6-19/h8-13,19,22,24H,1-7,14-17H2. The average molecular weight is 410 g/mol. The summed E-state index contributed by atoms with van der Waals surface area (Å²) in [6.45, 7) is 4.42. The van der Waals surface area contributed by atoms with E-state index in [1.807, 2.05) is 6.07 Å². The Hall–Kier alpha value is -2.18. The van der Waals surface area contributed by atoms with E-state index in [0.29, 0.717) is 12.1 Å². The third-order valence-electron chi connectivity index (χ3n) is 7.42. The molecule has 1 aromatic heterocycles. The molecule has 2 saturated heterocycles. The molecule has 3 heterocycles. The predicted molar refractivity (Wildman–Crippen MR) is 116 cm³/mol. The number of benzene rings is 1. The molecule has 2 aliphatic heterocycles. The fraction of sp³-hybridized carbons (Fsp3) is 0.583. The van der Waals surface area contributed by atoms with Gasteiger partial charge in [0.15, 0.2) is 0 Å². The number of hydrogen-bond acceptors (Lipinski definition) is 5. The van der Waals surface area contributed by atoms with Crippen molar-refractivity contribution in [3.05, 3.63) is 52.3 Å². The van der Waals surface area contributed by atoms with E-state index < -0.39 is 0 Å². The molecule has 0 radical (unpaired) electrons. The molecule has 5 rings (SSSR count). The zero-order chi connectivity index (χ0) is 20.5. The van der Waals surface area contributed by atoms with Crippen LogP contribution in [0.3, 0.4) is 0 Å². The molecular weight excluding hydrogens is 378 g/mol. The monoisotopic (exact) mass is 409 g/mol. The van der Waals surface area contributed by atoms with Crippen LogP contribution < -0.4 is 0 Å². The van der Waals surface area contributed by atoms with Crippen molar-refractivity contribution in [2.45, 2.75) is 63.6 Å². The van der Waals surface area contributed by atoms with Crippen LogP contribution in [0.2, 0.25) is 0 Å². The summed E-state index contributed by atoms with van der Waals surface area (Å²) < 4.78 is 6.19. The van der Waals surface area contributed by atoms with Crippen molar-refractivity contribution in [2.75, 3.05) is 19.6 Å². The second kappa shape index (κ2) is 8.52. The van der Waals surface area contributed by atoms with Gasteiger partial charge in [-0.05, 0) is 62.4 Å². The van der Waals surface area contributed by atoms with Crippen molar-refractivity contribution in [1.82, 2.24) is 9.80 Å².